The summed E-state index contributed by atoms with van der Waals surface area (Å²) in [6.07, 6.45) is 2.67. The van der Waals surface area contributed by atoms with Crippen molar-refractivity contribution in [3.8, 4) is 0 Å². The molecule has 1 aromatic carbocycles. The van der Waals surface area contributed by atoms with Crippen LogP contribution in [0.5, 0.6) is 0 Å². The van der Waals surface area contributed by atoms with Gasteiger partial charge in [-0.1, -0.05) is 19.1 Å². The van der Waals surface area contributed by atoms with E-state index in [4.69, 9.17) is 5.11 Å². The molecular weight excluding hydrogens is 222 g/mol. The van der Waals surface area contributed by atoms with Crippen LogP contribution >= 0.6 is 11.8 Å². The largest absolute Gasteiger partial charge is 0.394 e. The Labute approximate surface area is 100 Å². The molecule has 0 aliphatic heterocycles. The topological polar surface area (TPSA) is 49.3 Å². The maximum absolute atomic E-state index is 11.9. The molecule has 0 bridgehead atoms. The monoisotopic (exact) mass is 239 g/mol. The van der Waals surface area contributed by atoms with Crippen molar-refractivity contribution < 1.29 is 9.90 Å². The van der Waals surface area contributed by atoms with Crippen LogP contribution in [0.4, 0.5) is 0 Å². The predicted octanol–water partition coefficient (Wildman–Crippen LogP) is 1.91. The number of benzene rings is 1. The first kappa shape index (κ1) is 13.1. The van der Waals surface area contributed by atoms with Crippen LogP contribution in [0.2, 0.25) is 0 Å². The number of carbonyl (C=O) groups is 1. The Bertz CT molecular complexity index is 351. The average molecular weight is 239 g/mol. The van der Waals surface area contributed by atoms with E-state index in [1.807, 2.05) is 31.4 Å². The zero-order chi connectivity index (χ0) is 12.0. The Kier molecular flexibility index (Phi) is 5.35. The summed E-state index contributed by atoms with van der Waals surface area (Å²) in [5, 5.41) is 11.8. The molecule has 2 N–H and O–H groups in total. The zero-order valence-electron chi connectivity index (χ0n) is 9.56. The van der Waals surface area contributed by atoms with Crippen molar-refractivity contribution in [1.29, 1.82) is 0 Å². The molecule has 0 saturated carbocycles. The van der Waals surface area contributed by atoms with E-state index in [2.05, 4.69) is 5.32 Å². The van der Waals surface area contributed by atoms with Gasteiger partial charge in [-0.05, 0) is 24.8 Å². The summed E-state index contributed by atoms with van der Waals surface area (Å²) in [7, 11) is 0. The van der Waals surface area contributed by atoms with Crippen LogP contribution < -0.4 is 5.32 Å². The van der Waals surface area contributed by atoms with Crippen molar-refractivity contribution in [2.24, 2.45) is 0 Å². The van der Waals surface area contributed by atoms with E-state index in [1.165, 1.54) is 0 Å². The van der Waals surface area contributed by atoms with Crippen LogP contribution in [0.25, 0.3) is 0 Å². The molecule has 1 rings (SSSR count). The minimum absolute atomic E-state index is 0.0241. The van der Waals surface area contributed by atoms with Crippen molar-refractivity contribution >= 4 is 17.7 Å². The molecule has 16 heavy (non-hydrogen) atoms. The van der Waals surface area contributed by atoms with E-state index in [9.17, 15) is 4.79 Å². The Morgan fingerprint density at radius 3 is 2.75 bits per heavy atom. The van der Waals surface area contributed by atoms with Crippen molar-refractivity contribution in [1.82, 2.24) is 5.32 Å². The summed E-state index contributed by atoms with van der Waals surface area (Å²) in [6, 6.07) is 7.30. The van der Waals surface area contributed by atoms with E-state index in [0.717, 1.165) is 11.3 Å². The molecule has 0 aliphatic rings. The van der Waals surface area contributed by atoms with Crippen LogP contribution in [0, 0.1) is 0 Å². The number of nitrogens with one attached hydrogen (secondary N) is 1. The minimum Gasteiger partial charge on any atom is -0.394 e. The number of aliphatic hydroxyl groups excluding tert-OH is 1. The van der Waals surface area contributed by atoms with E-state index in [-0.39, 0.29) is 18.6 Å². The highest BCUT2D eigenvalue weighted by Gasteiger charge is 2.13. The lowest BCUT2D eigenvalue weighted by Crippen LogP contribution is -2.37. The minimum atomic E-state index is -0.164. The maximum Gasteiger partial charge on any atom is 0.252 e. The van der Waals surface area contributed by atoms with Crippen LogP contribution in [-0.2, 0) is 0 Å². The molecule has 1 atom stereocenters. The zero-order valence-corrected chi connectivity index (χ0v) is 10.4. The molecule has 0 saturated heterocycles. The Balaban J connectivity index is 2.79. The molecule has 88 valence electrons. The summed E-state index contributed by atoms with van der Waals surface area (Å²) in [4.78, 5) is 12.9. The van der Waals surface area contributed by atoms with Gasteiger partial charge in [-0.15, -0.1) is 11.8 Å². The highest BCUT2D eigenvalue weighted by atomic mass is 32.2. The number of hydrogen-bond donors (Lipinski definition) is 2. The van der Waals surface area contributed by atoms with Gasteiger partial charge < -0.3 is 10.4 Å². The third-order valence-electron chi connectivity index (χ3n) is 2.40. The first-order chi connectivity index (χ1) is 7.72. The molecule has 0 aromatic heterocycles. The Morgan fingerprint density at radius 2 is 2.19 bits per heavy atom. The number of carbonyl (C=O) groups excluding carboxylic acids is 1. The standard InChI is InChI=1S/C12H17NO2S/c1-3-9(8-14)13-12(15)10-6-4-5-7-11(10)16-2/h4-7,9,14H,3,8H2,1-2H3,(H,13,15)/t9-/m1/s1. The lowest BCUT2D eigenvalue weighted by atomic mass is 10.2. The molecule has 0 fully saturated rings. The van der Waals surface area contributed by atoms with Crippen molar-refractivity contribution in [2.75, 3.05) is 12.9 Å². The van der Waals surface area contributed by atoms with E-state index in [1.54, 1.807) is 17.8 Å². The number of rotatable bonds is 5. The lowest BCUT2D eigenvalue weighted by molar-refractivity contribution is 0.0912. The predicted molar refractivity (Wildman–Crippen MR) is 66.9 cm³/mol. The highest BCUT2D eigenvalue weighted by Crippen LogP contribution is 2.19. The molecule has 1 amide bonds. The number of aliphatic hydroxyl groups is 1. The molecular formula is C12H17NO2S. The normalized spacial score (nSPS) is 12.2. The van der Waals surface area contributed by atoms with Gasteiger partial charge in [0.2, 0.25) is 0 Å². The van der Waals surface area contributed by atoms with Gasteiger partial charge in [0.05, 0.1) is 18.2 Å². The summed E-state index contributed by atoms with van der Waals surface area (Å²) in [6.45, 7) is 1.91. The van der Waals surface area contributed by atoms with E-state index in [0.29, 0.717) is 5.56 Å². The fraction of sp³-hybridized carbons (Fsp3) is 0.417. The van der Waals surface area contributed by atoms with Crippen molar-refractivity contribution in [3.05, 3.63) is 29.8 Å². The average Bonchev–Trinajstić information content (AvgIpc) is 2.35. The SMILES string of the molecule is CC[C@H](CO)NC(=O)c1ccccc1SC. The molecule has 3 nitrogen and oxygen atoms in total. The first-order valence-electron chi connectivity index (χ1n) is 5.27. The molecule has 0 aliphatic carbocycles. The second-order valence-corrected chi connectivity index (χ2v) is 4.31. The van der Waals surface area contributed by atoms with Crippen LogP contribution in [0.15, 0.2) is 29.2 Å². The number of hydrogen-bond acceptors (Lipinski definition) is 3. The fourth-order valence-electron chi connectivity index (χ4n) is 1.37. The summed E-state index contributed by atoms with van der Waals surface area (Å²) in [5.41, 5.74) is 0.668. The lowest BCUT2D eigenvalue weighted by Gasteiger charge is -2.15. The van der Waals surface area contributed by atoms with Gasteiger partial charge >= 0.3 is 0 Å². The molecule has 0 unspecified atom stereocenters. The summed E-state index contributed by atoms with van der Waals surface area (Å²) in [5.74, 6) is -0.120. The van der Waals surface area contributed by atoms with Gasteiger partial charge in [0, 0.05) is 4.90 Å². The Morgan fingerprint density at radius 1 is 1.50 bits per heavy atom. The maximum atomic E-state index is 11.9. The van der Waals surface area contributed by atoms with Gasteiger partial charge in [0.25, 0.3) is 5.91 Å². The van der Waals surface area contributed by atoms with Gasteiger partial charge in [-0.2, -0.15) is 0 Å². The number of amides is 1. The second kappa shape index (κ2) is 6.55. The van der Waals surface area contributed by atoms with Crippen LogP contribution in [0.3, 0.4) is 0 Å². The quantitative estimate of drug-likeness (QED) is 0.772. The van der Waals surface area contributed by atoms with E-state index < -0.39 is 0 Å². The first-order valence-corrected chi connectivity index (χ1v) is 6.50. The Hall–Kier alpha value is -1.00. The van der Waals surface area contributed by atoms with Gasteiger partial charge in [0.15, 0.2) is 0 Å². The molecule has 0 heterocycles. The van der Waals surface area contributed by atoms with Crippen LogP contribution in [-0.4, -0.2) is 29.9 Å². The molecule has 1 aromatic rings. The van der Waals surface area contributed by atoms with Gasteiger partial charge in [-0.3, -0.25) is 4.79 Å². The molecule has 0 radical (unpaired) electrons. The van der Waals surface area contributed by atoms with Gasteiger partial charge in [0.1, 0.15) is 0 Å². The summed E-state index contributed by atoms with van der Waals surface area (Å²) >= 11 is 1.54. The molecule has 4 heteroatoms. The van der Waals surface area contributed by atoms with Crippen molar-refractivity contribution in [2.45, 2.75) is 24.3 Å². The number of thioether (sulfide) groups is 1. The van der Waals surface area contributed by atoms with E-state index >= 15 is 0 Å². The smallest absolute Gasteiger partial charge is 0.252 e. The third-order valence-corrected chi connectivity index (χ3v) is 3.20. The third kappa shape index (κ3) is 3.25. The second-order valence-electron chi connectivity index (χ2n) is 3.46. The van der Waals surface area contributed by atoms with Crippen LogP contribution in [0.1, 0.15) is 23.7 Å². The summed E-state index contributed by atoms with van der Waals surface area (Å²) < 4.78 is 0. The van der Waals surface area contributed by atoms with Crippen molar-refractivity contribution in [3.63, 3.8) is 0 Å². The van der Waals surface area contributed by atoms with Gasteiger partial charge in [-0.25, -0.2) is 0 Å². The fourth-order valence-corrected chi connectivity index (χ4v) is 1.97. The highest BCUT2D eigenvalue weighted by molar-refractivity contribution is 7.98. The molecule has 0 spiro atoms.